The smallest absolute Gasteiger partial charge is 0.271 e. The Morgan fingerprint density at radius 3 is 2.45 bits per heavy atom. The zero-order valence-corrected chi connectivity index (χ0v) is 14.0. The van der Waals surface area contributed by atoms with E-state index >= 15 is 0 Å². The molecule has 3 rings (SSSR count). The lowest BCUT2D eigenvalue weighted by atomic mass is 9.93. The minimum atomic E-state index is 0.0726. The molecule has 2 aliphatic rings. The Morgan fingerprint density at radius 1 is 1.23 bits per heavy atom. The second-order valence-electron chi connectivity index (χ2n) is 7.18. The van der Waals surface area contributed by atoms with Crippen molar-refractivity contribution >= 4 is 11.7 Å². The van der Waals surface area contributed by atoms with Crippen LogP contribution in [-0.2, 0) is 6.42 Å². The summed E-state index contributed by atoms with van der Waals surface area (Å²) in [5, 5.41) is 0. The molecule has 0 bridgehead atoms. The highest BCUT2D eigenvalue weighted by Crippen LogP contribution is 2.34. The molecule has 0 aromatic carbocycles. The largest absolute Gasteiger partial charge is 0.354 e. The van der Waals surface area contributed by atoms with Gasteiger partial charge in [0.25, 0.3) is 5.91 Å². The second-order valence-corrected chi connectivity index (χ2v) is 7.18. The molecule has 1 aromatic rings. The van der Waals surface area contributed by atoms with Gasteiger partial charge in [-0.05, 0) is 51.0 Å². The van der Waals surface area contributed by atoms with Crippen LogP contribution in [0, 0.1) is 12.8 Å². The molecular formula is C18H26N2O2. The molecule has 1 saturated carbocycles. The SMILES string of the molecule is Cc1c(C(=O)N(C2CC2)[C@H](C)C(C)C)[nH]c2c1C(=O)CCC2. The van der Waals surface area contributed by atoms with Crippen molar-refractivity contribution < 1.29 is 9.59 Å². The van der Waals surface area contributed by atoms with E-state index in [0.29, 0.717) is 24.1 Å². The van der Waals surface area contributed by atoms with Crippen molar-refractivity contribution in [3.63, 3.8) is 0 Å². The number of hydrogen-bond donors (Lipinski definition) is 1. The number of H-pyrrole nitrogens is 1. The topological polar surface area (TPSA) is 53.2 Å². The van der Waals surface area contributed by atoms with Crippen LogP contribution in [0.4, 0.5) is 0 Å². The molecule has 0 radical (unpaired) electrons. The van der Waals surface area contributed by atoms with E-state index in [1.807, 2.05) is 11.8 Å². The molecule has 1 N–H and O–H groups in total. The second kappa shape index (κ2) is 5.56. The normalized spacial score (nSPS) is 19.2. The molecule has 1 heterocycles. The fourth-order valence-corrected chi connectivity index (χ4v) is 3.47. The predicted molar refractivity (Wildman–Crippen MR) is 86.3 cm³/mol. The number of ketones is 1. The van der Waals surface area contributed by atoms with Gasteiger partial charge in [-0.25, -0.2) is 0 Å². The number of hydrogen-bond acceptors (Lipinski definition) is 2. The van der Waals surface area contributed by atoms with Gasteiger partial charge in [0.05, 0.1) is 0 Å². The highest BCUT2D eigenvalue weighted by atomic mass is 16.2. The van der Waals surface area contributed by atoms with E-state index in [1.165, 1.54) is 0 Å². The van der Waals surface area contributed by atoms with Crippen LogP contribution < -0.4 is 0 Å². The van der Waals surface area contributed by atoms with Crippen LogP contribution >= 0.6 is 0 Å². The van der Waals surface area contributed by atoms with Gasteiger partial charge in [0.15, 0.2) is 5.78 Å². The van der Waals surface area contributed by atoms with E-state index < -0.39 is 0 Å². The Morgan fingerprint density at radius 2 is 1.91 bits per heavy atom. The van der Waals surface area contributed by atoms with E-state index in [0.717, 1.165) is 42.5 Å². The van der Waals surface area contributed by atoms with E-state index in [2.05, 4.69) is 25.8 Å². The average Bonchev–Trinajstić information content (AvgIpc) is 3.23. The van der Waals surface area contributed by atoms with Crippen LogP contribution in [0.3, 0.4) is 0 Å². The molecule has 4 nitrogen and oxygen atoms in total. The third kappa shape index (κ3) is 2.49. The maximum atomic E-state index is 13.1. The van der Waals surface area contributed by atoms with Gasteiger partial charge < -0.3 is 9.88 Å². The molecule has 0 saturated heterocycles. The third-order valence-electron chi connectivity index (χ3n) is 5.23. The lowest BCUT2D eigenvalue weighted by Crippen LogP contribution is -2.43. The molecule has 0 spiro atoms. The number of carbonyl (C=O) groups is 2. The highest BCUT2D eigenvalue weighted by molar-refractivity contribution is 6.04. The minimum absolute atomic E-state index is 0.0726. The number of aryl methyl sites for hydroxylation is 1. The van der Waals surface area contributed by atoms with Crippen molar-refractivity contribution in [3.05, 3.63) is 22.5 Å². The summed E-state index contributed by atoms with van der Waals surface area (Å²) in [5.41, 5.74) is 3.23. The van der Waals surface area contributed by atoms with Crippen LogP contribution in [0.2, 0.25) is 0 Å². The third-order valence-corrected chi connectivity index (χ3v) is 5.23. The summed E-state index contributed by atoms with van der Waals surface area (Å²) >= 11 is 0. The van der Waals surface area contributed by atoms with Gasteiger partial charge in [0.2, 0.25) is 0 Å². The number of rotatable bonds is 4. The monoisotopic (exact) mass is 302 g/mol. The van der Waals surface area contributed by atoms with Crippen molar-refractivity contribution in [2.45, 2.75) is 71.9 Å². The predicted octanol–water partition coefficient (Wildman–Crippen LogP) is 3.49. The molecule has 120 valence electrons. The molecule has 1 atom stereocenters. The van der Waals surface area contributed by atoms with E-state index in [9.17, 15) is 9.59 Å². The van der Waals surface area contributed by atoms with Crippen LogP contribution in [0.15, 0.2) is 0 Å². The summed E-state index contributed by atoms with van der Waals surface area (Å²) < 4.78 is 0. The quantitative estimate of drug-likeness (QED) is 0.925. The average molecular weight is 302 g/mol. The van der Waals surface area contributed by atoms with Crippen molar-refractivity contribution in [1.82, 2.24) is 9.88 Å². The zero-order chi connectivity index (χ0) is 16.0. The summed E-state index contributed by atoms with van der Waals surface area (Å²) in [4.78, 5) is 30.6. The molecule has 4 heteroatoms. The van der Waals surface area contributed by atoms with E-state index in [-0.39, 0.29) is 17.7 Å². The molecule has 0 unspecified atom stereocenters. The first-order chi connectivity index (χ1) is 10.4. The summed E-state index contributed by atoms with van der Waals surface area (Å²) in [6.07, 6.45) is 4.56. The van der Waals surface area contributed by atoms with Crippen LogP contribution in [0.5, 0.6) is 0 Å². The first-order valence-corrected chi connectivity index (χ1v) is 8.49. The van der Waals surface area contributed by atoms with Gasteiger partial charge in [0, 0.05) is 29.8 Å². The van der Waals surface area contributed by atoms with Crippen molar-refractivity contribution in [2.75, 3.05) is 0 Å². The Labute approximate surface area is 132 Å². The Balaban J connectivity index is 1.96. The van der Waals surface area contributed by atoms with Gasteiger partial charge in [-0.3, -0.25) is 9.59 Å². The van der Waals surface area contributed by atoms with Gasteiger partial charge in [-0.1, -0.05) is 13.8 Å². The van der Waals surface area contributed by atoms with Crippen LogP contribution in [-0.4, -0.2) is 33.7 Å². The summed E-state index contributed by atoms with van der Waals surface area (Å²) in [6.45, 7) is 8.36. The number of nitrogens with zero attached hydrogens (tertiary/aromatic N) is 1. The number of Topliss-reactive ketones (excluding diaryl/α,β-unsaturated/α-hetero) is 1. The van der Waals surface area contributed by atoms with Gasteiger partial charge in [-0.15, -0.1) is 0 Å². The Kier molecular flexibility index (Phi) is 3.87. The van der Waals surface area contributed by atoms with E-state index in [4.69, 9.17) is 0 Å². The van der Waals surface area contributed by atoms with Crippen LogP contribution in [0.1, 0.15) is 78.6 Å². The molecule has 1 fully saturated rings. The lowest BCUT2D eigenvalue weighted by molar-refractivity contribution is 0.0621. The number of carbonyl (C=O) groups excluding carboxylic acids is 2. The fourth-order valence-electron chi connectivity index (χ4n) is 3.47. The van der Waals surface area contributed by atoms with Crippen LogP contribution in [0.25, 0.3) is 0 Å². The zero-order valence-electron chi connectivity index (χ0n) is 14.0. The van der Waals surface area contributed by atoms with Crippen molar-refractivity contribution in [2.24, 2.45) is 5.92 Å². The first kappa shape index (κ1) is 15.3. The fraction of sp³-hybridized carbons (Fsp3) is 0.667. The summed E-state index contributed by atoms with van der Waals surface area (Å²) in [5.74, 6) is 0.684. The molecular weight excluding hydrogens is 276 g/mol. The Bertz CT molecular complexity index is 611. The minimum Gasteiger partial charge on any atom is -0.354 e. The summed E-state index contributed by atoms with van der Waals surface area (Å²) in [6, 6.07) is 0.593. The van der Waals surface area contributed by atoms with Crippen molar-refractivity contribution in [1.29, 1.82) is 0 Å². The number of fused-ring (bicyclic) bond motifs is 1. The number of nitrogens with one attached hydrogen (secondary N) is 1. The first-order valence-electron chi connectivity index (χ1n) is 8.49. The van der Waals surface area contributed by atoms with Crippen molar-refractivity contribution in [3.8, 4) is 0 Å². The molecule has 2 aliphatic carbocycles. The molecule has 1 amide bonds. The Hall–Kier alpha value is -1.58. The van der Waals surface area contributed by atoms with Gasteiger partial charge in [0.1, 0.15) is 5.69 Å². The van der Waals surface area contributed by atoms with Gasteiger partial charge in [-0.2, -0.15) is 0 Å². The number of aromatic nitrogens is 1. The van der Waals surface area contributed by atoms with Gasteiger partial charge >= 0.3 is 0 Å². The standard InChI is InChI=1S/C18H26N2O2/c1-10(2)12(4)20(13-8-9-13)18(22)17-11(3)16-14(19-17)6-5-7-15(16)21/h10,12-13,19H,5-9H2,1-4H3/t12-/m1/s1. The van der Waals surface area contributed by atoms with E-state index in [1.54, 1.807) is 0 Å². The molecule has 1 aromatic heterocycles. The number of aromatic amines is 1. The lowest BCUT2D eigenvalue weighted by Gasteiger charge is -2.32. The highest BCUT2D eigenvalue weighted by Gasteiger charge is 2.39. The summed E-state index contributed by atoms with van der Waals surface area (Å²) in [7, 11) is 0. The molecule has 0 aliphatic heterocycles. The maximum Gasteiger partial charge on any atom is 0.271 e. The molecule has 22 heavy (non-hydrogen) atoms. The maximum absolute atomic E-state index is 13.1. The number of amides is 1.